The van der Waals surface area contributed by atoms with E-state index >= 15 is 14.4 Å². The Morgan fingerprint density at radius 2 is 1.18 bits per heavy atom. The first-order valence-electron chi connectivity index (χ1n) is 34.0. The topological polar surface area (TPSA) is 508 Å². The summed E-state index contributed by atoms with van der Waals surface area (Å²) in [6.45, 7) is 22.1. The van der Waals surface area contributed by atoms with Crippen molar-refractivity contribution in [1.29, 1.82) is 0 Å². The van der Waals surface area contributed by atoms with Crippen LogP contribution in [0.1, 0.15) is 152 Å². The number of ketones is 1. The zero-order valence-electron chi connectivity index (χ0n) is 60.4. The number of allylic oxidation sites excluding steroid dienone is 2. The summed E-state index contributed by atoms with van der Waals surface area (Å²) in [5.41, 5.74) is 6.95. The molecule has 562 valence electrons. The molecule has 3 rings (SSSR count). The molecule has 2 aromatic rings. The van der Waals surface area contributed by atoms with Crippen LogP contribution >= 0.6 is 0 Å². The van der Waals surface area contributed by atoms with Gasteiger partial charge in [-0.2, -0.15) is 0 Å². The van der Waals surface area contributed by atoms with Gasteiger partial charge < -0.3 is 94.7 Å². The highest BCUT2D eigenvalue weighted by atomic mass is 16.5. The number of aromatic nitrogens is 2. The number of ether oxygens (including phenoxy) is 1. The number of nitrogens with zero attached hydrogens (tertiary/aromatic N) is 2. The Morgan fingerprint density at radius 1 is 0.644 bits per heavy atom. The van der Waals surface area contributed by atoms with Gasteiger partial charge in [0.25, 0.3) is 0 Å². The highest BCUT2D eigenvalue weighted by Gasteiger charge is 2.44. The molecule has 18 N–H and O–H groups in total. The van der Waals surface area contributed by atoms with Crippen molar-refractivity contribution in [2.45, 2.75) is 227 Å². The number of anilines is 1. The van der Waals surface area contributed by atoms with Gasteiger partial charge in [0.05, 0.1) is 25.4 Å². The second-order valence-corrected chi connectivity index (χ2v) is 27.2. The van der Waals surface area contributed by atoms with Gasteiger partial charge in [-0.25, -0.2) is 14.8 Å². The number of aryl methyl sites for hydroxylation is 2. The number of nitrogens with one attached hydrogen (secondary N) is 12. The number of aliphatic hydroxyl groups is 4. The number of benzene rings is 1. The van der Waals surface area contributed by atoms with E-state index < -0.39 is 187 Å². The molecule has 11 amide bonds. The Kier molecular flexibility index (Phi) is 35.4. The predicted octanol–water partition coefficient (Wildman–Crippen LogP) is -2.07. The third-order valence-corrected chi connectivity index (χ3v) is 16.2. The van der Waals surface area contributed by atoms with Crippen molar-refractivity contribution in [2.24, 2.45) is 35.3 Å². The molecule has 1 aliphatic rings. The first-order valence-corrected chi connectivity index (χ1v) is 34.0. The molecule has 0 saturated carbocycles. The van der Waals surface area contributed by atoms with E-state index in [1.165, 1.54) is 57.2 Å². The van der Waals surface area contributed by atoms with Gasteiger partial charge in [0, 0.05) is 23.6 Å². The minimum Gasteiger partial charge on any atom is -0.453 e. The van der Waals surface area contributed by atoms with E-state index in [2.05, 4.69) is 68.5 Å². The second-order valence-electron chi connectivity index (χ2n) is 27.2. The second kappa shape index (κ2) is 41.5. The molecular weight excluding hydrogens is 1310 g/mol. The normalized spacial score (nSPS) is 23.5. The van der Waals surface area contributed by atoms with Crippen LogP contribution in [0, 0.1) is 43.4 Å². The fourth-order valence-corrected chi connectivity index (χ4v) is 10.8. The number of carbonyl (C=O) groups is 13. The summed E-state index contributed by atoms with van der Waals surface area (Å²) < 4.78 is 6.00. The molecule has 101 heavy (non-hydrogen) atoms. The average Bonchev–Trinajstić information content (AvgIpc) is 0.814. The summed E-state index contributed by atoms with van der Waals surface area (Å²) in [4.78, 5) is 194. The smallest absolute Gasteiger partial charge is 0.331 e. The van der Waals surface area contributed by atoms with Gasteiger partial charge in [0.15, 0.2) is 24.0 Å². The molecule has 0 unspecified atom stereocenters. The van der Waals surface area contributed by atoms with Gasteiger partial charge in [-0.05, 0) is 114 Å². The highest BCUT2D eigenvalue weighted by Crippen LogP contribution is 2.25. The quantitative estimate of drug-likeness (QED) is 0.0260. The van der Waals surface area contributed by atoms with Crippen molar-refractivity contribution < 1.29 is 87.5 Å². The number of primary amides is 1. The number of esters is 1. The summed E-state index contributed by atoms with van der Waals surface area (Å²) in [5.74, 6) is -17.1. The van der Waals surface area contributed by atoms with Gasteiger partial charge in [-0.1, -0.05) is 106 Å². The standard InChI is InChI=1S/C68H107N15O18/c1-16-36(10)49-63(96)81-50(41(15)86)62(95)71-30-48(87)79-52(55(89)57(69)90)65(98)78-47(31-84)67(100)101-56(42-21-18-17-19-22-42)53(83-61(94)46(27-34(6)7)76-59(92)44(25-32(2)3)72-39(13)29-40(14)85)66(99)82-51(54(88)35(8)9)64(97)77-45(26-33(4)5)60(93)75-43(58(91)80-49)23-20-24-70-68-73-37(11)28-38(12)74-68/h17-19,21-22,28-29,32-36,41,43-47,49-56,72,84,86,88-89H,16,20,23-27,30-31H2,1-15H3,(H2,69,90)(H,71,95)(H,75,93)(H,76,92)(H,77,97)(H,78,98)(H,79,87)(H,80,91)(H,81,96)(H,82,99)(H,83,94)(H,70,73,74)/t36-,41-,43+,44+,45-,46-,47-,49-,50-,51-,52-,53-,54+,55-,56+/m0/s1. The van der Waals surface area contributed by atoms with Crippen LogP contribution in [-0.4, -0.2) is 206 Å². The van der Waals surface area contributed by atoms with Crippen LogP contribution in [0.25, 0.3) is 0 Å². The zero-order valence-corrected chi connectivity index (χ0v) is 60.4. The predicted molar refractivity (Wildman–Crippen MR) is 369 cm³/mol. The van der Waals surface area contributed by atoms with Crippen LogP contribution in [0.4, 0.5) is 5.95 Å². The Hall–Kier alpha value is -9.21. The first kappa shape index (κ1) is 86.0. The van der Waals surface area contributed by atoms with E-state index in [0.29, 0.717) is 17.1 Å². The molecule has 0 spiro atoms. The van der Waals surface area contributed by atoms with Crippen molar-refractivity contribution in [1.82, 2.24) is 68.5 Å². The minimum absolute atomic E-state index is 0.0846. The number of carbonyl (C=O) groups excluding carboxylic acids is 13. The number of nitrogens with two attached hydrogens (primary N) is 1. The van der Waals surface area contributed by atoms with E-state index in [1.54, 1.807) is 68.4 Å². The van der Waals surface area contributed by atoms with Crippen LogP contribution in [0.2, 0.25) is 0 Å². The lowest BCUT2D eigenvalue weighted by molar-refractivity contribution is -0.159. The van der Waals surface area contributed by atoms with Crippen LogP contribution in [0.15, 0.2) is 48.2 Å². The summed E-state index contributed by atoms with van der Waals surface area (Å²) in [7, 11) is 0. The van der Waals surface area contributed by atoms with Crippen molar-refractivity contribution in [3.05, 3.63) is 65.1 Å². The largest absolute Gasteiger partial charge is 0.453 e. The third-order valence-electron chi connectivity index (χ3n) is 16.2. The molecule has 0 radical (unpaired) electrons. The van der Waals surface area contributed by atoms with Crippen LogP contribution in [0.3, 0.4) is 0 Å². The Labute approximate surface area is 589 Å². The van der Waals surface area contributed by atoms with E-state index in [-0.39, 0.29) is 74.2 Å². The van der Waals surface area contributed by atoms with E-state index in [9.17, 15) is 68.4 Å². The first-order chi connectivity index (χ1) is 47.3. The molecule has 0 aliphatic carbocycles. The maximum atomic E-state index is 15.6. The molecule has 0 bridgehead atoms. The fourth-order valence-electron chi connectivity index (χ4n) is 10.8. The maximum Gasteiger partial charge on any atom is 0.331 e. The van der Waals surface area contributed by atoms with Crippen LogP contribution < -0.4 is 69.5 Å². The van der Waals surface area contributed by atoms with E-state index in [4.69, 9.17) is 10.5 Å². The lowest BCUT2D eigenvalue weighted by Gasteiger charge is -2.34. The number of aliphatic hydroxyl groups excluding tert-OH is 4. The van der Waals surface area contributed by atoms with Crippen LogP contribution in [-0.2, 0) is 67.1 Å². The summed E-state index contributed by atoms with van der Waals surface area (Å²) in [6.07, 6.45) is -6.76. The lowest BCUT2D eigenvalue weighted by atomic mass is 9.95. The minimum atomic E-state index is -2.59. The Morgan fingerprint density at radius 3 is 1.71 bits per heavy atom. The highest BCUT2D eigenvalue weighted by molar-refractivity contribution is 6.00. The molecule has 15 atom stereocenters. The van der Waals surface area contributed by atoms with Gasteiger partial charge in [-0.3, -0.25) is 57.5 Å². The average molecular weight is 1420 g/mol. The summed E-state index contributed by atoms with van der Waals surface area (Å²) in [6, 6.07) is -9.06. The van der Waals surface area contributed by atoms with E-state index in [1.807, 2.05) is 19.2 Å². The molecule has 2 heterocycles. The third kappa shape index (κ3) is 28.4. The summed E-state index contributed by atoms with van der Waals surface area (Å²) in [5, 5.41) is 75.2. The summed E-state index contributed by atoms with van der Waals surface area (Å²) >= 11 is 0. The number of rotatable bonds is 27. The van der Waals surface area contributed by atoms with Crippen molar-refractivity contribution in [3.8, 4) is 0 Å². The van der Waals surface area contributed by atoms with Crippen molar-refractivity contribution in [2.75, 3.05) is 25.0 Å². The number of cyclic esters (lactones) is 1. The molecule has 1 saturated heterocycles. The molecule has 1 aromatic heterocycles. The molecule has 33 heteroatoms. The number of hydrogen-bond donors (Lipinski definition) is 17. The Bertz CT molecular complexity index is 3200. The lowest BCUT2D eigenvalue weighted by Crippen LogP contribution is -2.64. The zero-order chi connectivity index (χ0) is 76.3. The van der Waals surface area contributed by atoms with Crippen molar-refractivity contribution in [3.63, 3.8) is 0 Å². The number of hydrogen-bond acceptors (Lipinski definition) is 22. The molecular formula is C68H107N15O18. The molecule has 1 aliphatic heterocycles. The van der Waals surface area contributed by atoms with E-state index in [0.717, 1.165) is 6.92 Å². The van der Waals surface area contributed by atoms with Crippen molar-refractivity contribution >= 4 is 82.7 Å². The van der Waals surface area contributed by atoms with Gasteiger partial charge >= 0.3 is 5.97 Å². The molecule has 33 nitrogen and oxygen atoms in total. The van der Waals surface area contributed by atoms with Gasteiger partial charge in [0.1, 0.15) is 54.4 Å². The van der Waals surface area contributed by atoms with Crippen LogP contribution in [0.5, 0.6) is 0 Å². The molecule has 1 fully saturated rings. The number of amides is 11. The molecule has 1 aromatic carbocycles. The SMILES string of the molecule is CC[C@H](C)[C@@H]1NC(=O)[C@@H](CCCNc2nc(C)cc(C)n2)NC(=O)[C@H](CC(C)C)NC(=O)[C@H]([C@H](O)C(C)C)NC(=O)[C@@H](NC(=O)[C@H](CC(C)C)NC(=O)[C@@H](CC(C)C)NC(C)=CC(C)=O)[C@@H](c2ccccc2)OC(=O)[C@H](CO)NC(=O)[C@H]([C@H](O)C(N)=O)NC(=O)CNC(=O)[C@H]([C@H](C)O)NC1=O. The monoisotopic (exact) mass is 1420 g/mol. The van der Waals surface area contributed by atoms with Gasteiger partial charge in [-0.15, -0.1) is 0 Å². The fraction of sp³-hybridized carbons (Fsp3) is 0.632. The Balaban J connectivity index is 2.44. The van der Waals surface area contributed by atoms with Gasteiger partial charge in [0.2, 0.25) is 70.9 Å². The maximum absolute atomic E-state index is 15.6.